The molecule has 0 saturated heterocycles. The maximum absolute atomic E-state index is 6.28. The maximum Gasteiger partial charge on any atom is 0.203 e. The highest BCUT2D eigenvalue weighted by Crippen LogP contribution is 2.32. The van der Waals surface area contributed by atoms with Gasteiger partial charge in [0.2, 0.25) is 5.95 Å². The van der Waals surface area contributed by atoms with E-state index in [9.17, 15) is 0 Å². The molecule has 0 atom stereocenters. The first kappa shape index (κ1) is 23.0. The van der Waals surface area contributed by atoms with Gasteiger partial charge in [-0.15, -0.1) is 0 Å². The Hall–Kier alpha value is -2.70. The molecule has 8 heteroatoms. The molecule has 3 aromatic rings. The zero-order chi connectivity index (χ0) is 22.4. The standard InChI is InChI=1S/C23H28Cl2N6/c1-15(2)12-20-22(17-8-9-18(24)19(25)13-17)29-23(28-20)31(11-10-21(26)30-27)14-16-6-4-3-5-7-16/h3-9,13,15H,10-12,14,27H2,1-2H3,(H2,26,30)(H,28,29). The van der Waals surface area contributed by atoms with Crippen LogP contribution in [0.1, 0.15) is 31.5 Å². The largest absolute Gasteiger partial charge is 0.386 e. The first-order valence-electron chi connectivity index (χ1n) is 10.2. The van der Waals surface area contributed by atoms with Crippen molar-refractivity contribution in [1.29, 1.82) is 0 Å². The molecule has 2 aromatic carbocycles. The van der Waals surface area contributed by atoms with E-state index in [4.69, 9.17) is 39.8 Å². The molecular weight excluding hydrogens is 431 g/mol. The molecule has 5 N–H and O–H groups in total. The van der Waals surface area contributed by atoms with E-state index in [-0.39, 0.29) is 0 Å². The van der Waals surface area contributed by atoms with E-state index >= 15 is 0 Å². The molecule has 0 aliphatic carbocycles. The Balaban J connectivity index is 2.00. The van der Waals surface area contributed by atoms with Gasteiger partial charge < -0.3 is 21.5 Å². The fraction of sp³-hybridized carbons (Fsp3) is 0.304. The smallest absolute Gasteiger partial charge is 0.203 e. The molecule has 0 saturated carbocycles. The van der Waals surface area contributed by atoms with Crippen molar-refractivity contribution in [3.63, 3.8) is 0 Å². The van der Waals surface area contributed by atoms with Crippen molar-refractivity contribution in [3.8, 4) is 11.3 Å². The highest BCUT2D eigenvalue weighted by Gasteiger charge is 2.19. The van der Waals surface area contributed by atoms with Crippen LogP contribution in [0.25, 0.3) is 11.3 Å². The molecular formula is C23H28Cl2N6. The van der Waals surface area contributed by atoms with Gasteiger partial charge in [0.25, 0.3) is 0 Å². The number of nitrogens with two attached hydrogens (primary N) is 2. The van der Waals surface area contributed by atoms with Crippen LogP contribution in [-0.2, 0) is 13.0 Å². The molecule has 0 amide bonds. The molecule has 3 rings (SSSR count). The second-order valence-corrected chi connectivity index (χ2v) is 8.71. The maximum atomic E-state index is 6.28. The fourth-order valence-electron chi connectivity index (χ4n) is 3.36. The number of hydrogen-bond donors (Lipinski definition) is 3. The number of aromatic amines is 1. The number of anilines is 1. The second-order valence-electron chi connectivity index (χ2n) is 7.89. The average Bonchev–Trinajstić information content (AvgIpc) is 3.16. The van der Waals surface area contributed by atoms with Gasteiger partial charge in [0.1, 0.15) is 5.84 Å². The van der Waals surface area contributed by atoms with Crippen LogP contribution in [0.3, 0.4) is 0 Å². The summed E-state index contributed by atoms with van der Waals surface area (Å²) in [7, 11) is 0. The summed E-state index contributed by atoms with van der Waals surface area (Å²) in [4.78, 5) is 10.6. The minimum atomic E-state index is 0.400. The first-order valence-corrected chi connectivity index (χ1v) is 11.0. The zero-order valence-corrected chi connectivity index (χ0v) is 19.3. The number of halogens is 2. The van der Waals surface area contributed by atoms with Crippen molar-refractivity contribution < 1.29 is 0 Å². The van der Waals surface area contributed by atoms with Crippen molar-refractivity contribution in [3.05, 3.63) is 69.8 Å². The summed E-state index contributed by atoms with van der Waals surface area (Å²) in [6.45, 7) is 5.66. The molecule has 1 heterocycles. The summed E-state index contributed by atoms with van der Waals surface area (Å²) in [6, 6.07) is 15.8. The van der Waals surface area contributed by atoms with Crippen LogP contribution >= 0.6 is 23.2 Å². The third-order valence-electron chi connectivity index (χ3n) is 4.89. The second kappa shape index (κ2) is 10.6. The van der Waals surface area contributed by atoms with Crippen LogP contribution in [0.15, 0.2) is 53.6 Å². The van der Waals surface area contributed by atoms with Crippen molar-refractivity contribution in [2.75, 3.05) is 11.4 Å². The Morgan fingerprint density at radius 3 is 2.52 bits per heavy atom. The molecule has 0 radical (unpaired) electrons. The number of imidazole rings is 1. The number of nitrogens with zero attached hydrogens (tertiary/aromatic N) is 3. The van der Waals surface area contributed by atoms with E-state index < -0.39 is 0 Å². The van der Waals surface area contributed by atoms with Gasteiger partial charge in [-0.25, -0.2) is 4.98 Å². The van der Waals surface area contributed by atoms with Gasteiger partial charge in [-0.1, -0.05) is 73.4 Å². The summed E-state index contributed by atoms with van der Waals surface area (Å²) in [5.41, 5.74) is 9.89. The Labute approximate surface area is 193 Å². The summed E-state index contributed by atoms with van der Waals surface area (Å²) < 4.78 is 0. The molecule has 164 valence electrons. The monoisotopic (exact) mass is 458 g/mol. The lowest BCUT2D eigenvalue weighted by atomic mass is 10.0. The first-order chi connectivity index (χ1) is 14.9. The van der Waals surface area contributed by atoms with Crippen LogP contribution in [0.4, 0.5) is 5.95 Å². The third-order valence-corrected chi connectivity index (χ3v) is 5.63. The lowest BCUT2D eigenvalue weighted by molar-refractivity contribution is 0.637. The van der Waals surface area contributed by atoms with E-state index in [2.05, 4.69) is 41.0 Å². The van der Waals surface area contributed by atoms with Crippen LogP contribution in [0.2, 0.25) is 10.0 Å². The lowest BCUT2D eigenvalue weighted by Crippen LogP contribution is -2.29. The predicted molar refractivity (Wildman–Crippen MR) is 131 cm³/mol. The number of hydrazone groups is 1. The molecule has 0 aliphatic rings. The van der Waals surface area contributed by atoms with E-state index in [0.29, 0.717) is 41.3 Å². The van der Waals surface area contributed by atoms with Gasteiger partial charge >= 0.3 is 0 Å². The normalized spacial score (nSPS) is 11.8. The molecule has 6 nitrogen and oxygen atoms in total. The number of hydrogen-bond acceptors (Lipinski definition) is 4. The highest BCUT2D eigenvalue weighted by molar-refractivity contribution is 6.42. The Morgan fingerprint density at radius 1 is 1.13 bits per heavy atom. The Bertz CT molecular complexity index is 1030. The summed E-state index contributed by atoms with van der Waals surface area (Å²) in [5, 5.41) is 4.63. The zero-order valence-electron chi connectivity index (χ0n) is 17.8. The molecule has 0 aliphatic heterocycles. The van der Waals surface area contributed by atoms with Crippen LogP contribution in [0, 0.1) is 5.92 Å². The number of nitrogens with one attached hydrogen (secondary N) is 1. The van der Waals surface area contributed by atoms with Gasteiger partial charge in [0.15, 0.2) is 0 Å². The Kier molecular flexibility index (Phi) is 7.82. The lowest BCUT2D eigenvalue weighted by Gasteiger charge is -2.22. The van der Waals surface area contributed by atoms with E-state index in [1.165, 1.54) is 5.56 Å². The summed E-state index contributed by atoms with van der Waals surface area (Å²) in [5.74, 6) is 6.96. The van der Waals surface area contributed by atoms with Crippen molar-refractivity contribution in [1.82, 2.24) is 9.97 Å². The van der Waals surface area contributed by atoms with Gasteiger partial charge in [0, 0.05) is 30.8 Å². The van der Waals surface area contributed by atoms with Gasteiger partial charge in [-0.2, -0.15) is 5.10 Å². The third kappa shape index (κ3) is 6.15. The topological polar surface area (TPSA) is 96.3 Å². The SMILES string of the molecule is CC(C)Cc1[nH]c(N(CC/C(N)=N/N)Cc2ccccc2)nc1-c1ccc(Cl)c(Cl)c1. The quantitative estimate of drug-likeness (QED) is 0.177. The minimum Gasteiger partial charge on any atom is -0.386 e. The average molecular weight is 459 g/mol. The van der Waals surface area contributed by atoms with Gasteiger partial charge in [0.05, 0.1) is 15.7 Å². The molecule has 1 aromatic heterocycles. The molecule has 0 bridgehead atoms. The van der Waals surface area contributed by atoms with E-state index in [1.54, 1.807) is 6.07 Å². The highest BCUT2D eigenvalue weighted by atomic mass is 35.5. The molecule has 0 spiro atoms. The van der Waals surface area contributed by atoms with Crippen LogP contribution < -0.4 is 16.5 Å². The summed E-state index contributed by atoms with van der Waals surface area (Å²) >= 11 is 12.4. The van der Waals surface area contributed by atoms with E-state index in [0.717, 1.165) is 29.3 Å². The van der Waals surface area contributed by atoms with Crippen molar-refractivity contribution in [2.24, 2.45) is 22.6 Å². The van der Waals surface area contributed by atoms with Gasteiger partial charge in [-0.05, 0) is 30.0 Å². The fourth-order valence-corrected chi connectivity index (χ4v) is 3.66. The number of rotatable bonds is 9. The predicted octanol–water partition coefficient (Wildman–Crippen LogP) is 5.21. The minimum absolute atomic E-state index is 0.400. The number of benzene rings is 2. The number of aromatic nitrogens is 2. The molecule has 0 unspecified atom stereocenters. The van der Waals surface area contributed by atoms with Crippen molar-refractivity contribution in [2.45, 2.75) is 33.2 Å². The van der Waals surface area contributed by atoms with Crippen LogP contribution in [-0.4, -0.2) is 22.3 Å². The molecule has 0 fully saturated rings. The van der Waals surface area contributed by atoms with Gasteiger partial charge in [-0.3, -0.25) is 0 Å². The Morgan fingerprint density at radius 2 is 1.87 bits per heavy atom. The number of amidine groups is 1. The molecule has 31 heavy (non-hydrogen) atoms. The summed E-state index contributed by atoms with van der Waals surface area (Å²) in [6.07, 6.45) is 1.39. The van der Waals surface area contributed by atoms with Crippen LogP contribution in [0.5, 0.6) is 0 Å². The van der Waals surface area contributed by atoms with E-state index in [1.807, 2.05) is 30.3 Å². The van der Waals surface area contributed by atoms with Crippen molar-refractivity contribution >= 4 is 35.0 Å². The number of H-pyrrole nitrogens is 1.